The second-order valence-corrected chi connectivity index (χ2v) is 13.9. The highest BCUT2D eigenvalue weighted by molar-refractivity contribution is 5.95. The monoisotopic (exact) mass is 676 g/mol. The lowest BCUT2D eigenvalue weighted by Crippen LogP contribution is -2.47. The lowest BCUT2D eigenvalue weighted by molar-refractivity contribution is -0.890. The summed E-state index contributed by atoms with van der Waals surface area (Å²) in [6, 6.07) is 18.4. The molecule has 0 spiro atoms. The SMILES string of the molecule is CCCCc1cc2ccccc2c(OCC[N+](C)(C)CC(C(N)=O)c2c[nH]c3cccc(OC[C@H]4CCCN4c4ccnc5ncnn45)c23)n1. The van der Waals surface area contributed by atoms with Crippen molar-refractivity contribution in [1.29, 1.82) is 0 Å². The van der Waals surface area contributed by atoms with Gasteiger partial charge in [0.1, 0.15) is 43.6 Å². The van der Waals surface area contributed by atoms with E-state index in [1.165, 1.54) is 6.33 Å². The van der Waals surface area contributed by atoms with Gasteiger partial charge < -0.3 is 29.6 Å². The first-order valence-corrected chi connectivity index (χ1v) is 17.6. The molecule has 12 heteroatoms. The van der Waals surface area contributed by atoms with E-state index in [4.69, 9.17) is 20.2 Å². The van der Waals surface area contributed by atoms with Gasteiger partial charge in [-0.15, -0.1) is 0 Å². The molecular weight excluding hydrogens is 630 g/mol. The Morgan fingerprint density at radius 3 is 2.86 bits per heavy atom. The first-order valence-electron chi connectivity index (χ1n) is 17.6. The number of aromatic nitrogens is 6. The van der Waals surface area contributed by atoms with Crippen LogP contribution >= 0.6 is 0 Å². The number of nitrogens with two attached hydrogens (primary N) is 1. The number of primary amides is 1. The highest BCUT2D eigenvalue weighted by Crippen LogP contribution is 2.35. The summed E-state index contributed by atoms with van der Waals surface area (Å²) in [4.78, 5) is 32.3. The summed E-state index contributed by atoms with van der Waals surface area (Å²) in [5, 5.41) is 7.41. The first-order chi connectivity index (χ1) is 24.3. The molecule has 260 valence electrons. The van der Waals surface area contributed by atoms with Crippen LogP contribution in [0.1, 0.15) is 49.8 Å². The number of benzene rings is 2. The number of likely N-dealkylation sites (N-methyl/N-ethyl adjacent to an activating group) is 1. The molecule has 0 radical (unpaired) electrons. The van der Waals surface area contributed by atoms with Crippen molar-refractivity contribution in [2.24, 2.45) is 5.73 Å². The molecule has 1 aliphatic heterocycles. The number of hydrogen-bond acceptors (Lipinski definition) is 8. The second kappa shape index (κ2) is 14.3. The molecule has 2 atom stereocenters. The number of carbonyl (C=O) groups excluding carboxylic acids is 1. The Bertz CT molecular complexity index is 2110. The number of carbonyl (C=O) groups is 1. The van der Waals surface area contributed by atoms with Crippen LogP contribution in [0.15, 0.2) is 73.3 Å². The van der Waals surface area contributed by atoms with E-state index in [1.54, 1.807) is 10.7 Å². The van der Waals surface area contributed by atoms with E-state index in [2.05, 4.69) is 64.2 Å². The van der Waals surface area contributed by atoms with Crippen molar-refractivity contribution in [3.63, 3.8) is 0 Å². The number of rotatable bonds is 15. The molecule has 1 amide bonds. The molecule has 1 unspecified atom stereocenters. The van der Waals surface area contributed by atoms with Crippen LogP contribution < -0.4 is 20.1 Å². The minimum atomic E-state index is -0.541. The number of hydrogen-bond donors (Lipinski definition) is 2. The maximum absolute atomic E-state index is 13.1. The minimum absolute atomic E-state index is 0.143. The fourth-order valence-corrected chi connectivity index (χ4v) is 7.14. The van der Waals surface area contributed by atoms with Gasteiger partial charge in [0.15, 0.2) is 0 Å². The standard InChI is InChI=1S/C38H45N9O3/c1-4-5-11-27-21-26-10-6-7-13-29(26)37(44-27)49-20-19-47(2,3)23-31(36(39)48)30-22-41-32-14-8-15-33(35(30)32)50-24-28-12-9-18-45(28)34-16-17-40-38-42-25-43-46(34)38/h6-8,10,13-17,21-22,25,28,31,41H,4-5,9,11-12,18-20,23-24H2,1-3H3,(H-,39,48)/p+1/t28-,31?/m1/s1. The Hall–Kier alpha value is -5.23. The van der Waals surface area contributed by atoms with Crippen LogP contribution in [0.3, 0.4) is 0 Å². The Morgan fingerprint density at radius 1 is 1.12 bits per heavy atom. The average Bonchev–Trinajstić information content (AvgIpc) is 3.89. The number of amides is 1. The number of nitrogens with zero attached hydrogens (tertiary/aromatic N) is 7. The summed E-state index contributed by atoms with van der Waals surface area (Å²) >= 11 is 0. The first kappa shape index (κ1) is 33.3. The zero-order valence-corrected chi connectivity index (χ0v) is 29.1. The third kappa shape index (κ3) is 6.93. The lowest BCUT2D eigenvalue weighted by Gasteiger charge is -2.32. The van der Waals surface area contributed by atoms with Crippen LogP contribution in [0.4, 0.5) is 5.82 Å². The zero-order valence-electron chi connectivity index (χ0n) is 29.1. The van der Waals surface area contributed by atoms with Gasteiger partial charge in [0.25, 0.3) is 5.78 Å². The van der Waals surface area contributed by atoms with Gasteiger partial charge in [-0.05, 0) is 67.0 Å². The molecule has 6 aromatic rings. The van der Waals surface area contributed by atoms with E-state index >= 15 is 0 Å². The van der Waals surface area contributed by atoms with Crippen molar-refractivity contribution in [1.82, 2.24) is 29.5 Å². The van der Waals surface area contributed by atoms with Gasteiger partial charge in [-0.1, -0.05) is 37.6 Å². The van der Waals surface area contributed by atoms with Crippen molar-refractivity contribution in [3.8, 4) is 11.6 Å². The van der Waals surface area contributed by atoms with Crippen LogP contribution in [0.2, 0.25) is 0 Å². The molecule has 4 aromatic heterocycles. The Balaban J connectivity index is 1.06. The minimum Gasteiger partial charge on any atom is -0.491 e. The van der Waals surface area contributed by atoms with E-state index in [9.17, 15) is 4.79 Å². The Morgan fingerprint density at radius 2 is 2.00 bits per heavy atom. The van der Waals surface area contributed by atoms with Gasteiger partial charge >= 0.3 is 0 Å². The molecule has 7 rings (SSSR count). The number of nitrogens with one attached hydrogen (secondary N) is 1. The van der Waals surface area contributed by atoms with Crippen molar-refractivity contribution >= 4 is 39.2 Å². The molecule has 0 bridgehead atoms. The highest BCUT2D eigenvalue weighted by Gasteiger charge is 2.32. The quantitative estimate of drug-likeness (QED) is 0.141. The predicted molar refractivity (Wildman–Crippen MR) is 195 cm³/mol. The number of anilines is 1. The molecule has 5 heterocycles. The lowest BCUT2D eigenvalue weighted by atomic mass is 9.96. The molecule has 1 aliphatic rings. The number of aryl methyl sites for hydroxylation is 1. The largest absolute Gasteiger partial charge is 0.491 e. The number of H-pyrrole nitrogens is 1. The maximum Gasteiger partial charge on any atom is 0.254 e. The summed E-state index contributed by atoms with van der Waals surface area (Å²) in [5.74, 6) is 2.00. The summed E-state index contributed by atoms with van der Waals surface area (Å²) < 4.78 is 15.2. The van der Waals surface area contributed by atoms with Crippen molar-refractivity contribution in [3.05, 3.63) is 84.6 Å². The van der Waals surface area contributed by atoms with Crippen molar-refractivity contribution < 1.29 is 18.8 Å². The average molecular weight is 677 g/mol. The Labute approximate surface area is 291 Å². The number of pyridine rings is 1. The number of fused-ring (bicyclic) bond motifs is 3. The van der Waals surface area contributed by atoms with Gasteiger partial charge in [-0.2, -0.15) is 14.6 Å². The number of aromatic amines is 1. The third-order valence-electron chi connectivity index (χ3n) is 9.84. The van der Waals surface area contributed by atoms with E-state index in [0.29, 0.717) is 42.4 Å². The number of unbranched alkanes of at least 4 members (excludes halogenated alkanes) is 1. The second-order valence-electron chi connectivity index (χ2n) is 13.9. The van der Waals surface area contributed by atoms with Gasteiger partial charge in [0, 0.05) is 40.9 Å². The molecule has 1 fully saturated rings. The normalized spacial score (nSPS) is 15.7. The van der Waals surface area contributed by atoms with Gasteiger partial charge in [0.2, 0.25) is 11.8 Å². The van der Waals surface area contributed by atoms with E-state index < -0.39 is 5.92 Å². The number of quaternary nitrogens is 1. The van der Waals surface area contributed by atoms with E-state index in [-0.39, 0.29) is 11.9 Å². The Kier molecular flexibility index (Phi) is 9.53. The van der Waals surface area contributed by atoms with E-state index in [1.807, 2.05) is 42.6 Å². The molecular formula is C38H46N9O3+. The summed E-state index contributed by atoms with van der Waals surface area (Å²) in [6.45, 7) is 5.17. The van der Waals surface area contributed by atoms with Crippen molar-refractivity contribution in [2.75, 3.05) is 51.8 Å². The summed E-state index contributed by atoms with van der Waals surface area (Å²) in [6.07, 6.45) is 10.3. The van der Waals surface area contributed by atoms with Gasteiger partial charge in [0.05, 0.1) is 26.7 Å². The van der Waals surface area contributed by atoms with E-state index in [0.717, 1.165) is 83.1 Å². The van der Waals surface area contributed by atoms with Gasteiger partial charge in [-0.3, -0.25) is 4.79 Å². The van der Waals surface area contributed by atoms with Crippen LogP contribution in [0.25, 0.3) is 27.5 Å². The predicted octanol–water partition coefficient (Wildman–Crippen LogP) is 5.27. The van der Waals surface area contributed by atoms with Crippen molar-refractivity contribution in [2.45, 2.75) is 51.0 Å². The molecule has 1 saturated heterocycles. The van der Waals surface area contributed by atoms with Crippen LogP contribution in [0.5, 0.6) is 11.6 Å². The summed E-state index contributed by atoms with van der Waals surface area (Å²) in [7, 11) is 4.21. The van der Waals surface area contributed by atoms with Crippen LogP contribution in [-0.4, -0.2) is 92.9 Å². The molecule has 12 nitrogen and oxygen atoms in total. The fourth-order valence-electron chi connectivity index (χ4n) is 7.14. The highest BCUT2D eigenvalue weighted by atomic mass is 16.5. The fraction of sp³-hybridized carbons (Fsp3) is 0.395. The molecule has 0 saturated carbocycles. The smallest absolute Gasteiger partial charge is 0.254 e. The molecule has 3 N–H and O–H groups in total. The van der Waals surface area contributed by atoms with Crippen LogP contribution in [0, 0.1) is 0 Å². The third-order valence-corrected chi connectivity index (χ3v) is 9.84. The van der Waals surface area contributed by atoms with Gasteiger partial charge in [-0.25, -0.2) is 9.97 Å². The molecule has 50 heavy (non-hydrogen) atoms. The topological polar surface area (TPSA) is 137 Å². The van der Waals surface area contributed by atoms with Crippen LogP contribution in [-0.2, 0) is 11.2 Å². The maximum atomic E-state index is 13.1. The molecule has 2 aromatic carbocycles. The molecule has 0 aliphatic carbocycles. The zero-order chi connectivity index (χ0) is 34.7. The number of ether oxygens (including phenoxy) is 2. The summed E-state index contributed by atoms with van der Waals surface area (Å²) in [5.41, 5.74) is 8.93.